The molecule has 2 aromatic rings. The molecule has 0 aliphatic carbocycles. The topological polar surface area (TPSA) is 79.9 Å². The molecule has 2 N–H and O–H groups in total. The SMILES string of the molecule is CC[NH+](CC)Cc1ccc(CNC(=O)c2cc([N+](=O)[O-])ccc2N(C)C)cc1. The standard InChI is InChI=1S/C21H28N4O3/c1-5-24(6-2)15-17-9-7-16(8-10-17)14-22-21(26)19-13-18(25(27)28)11-12-20(19)23(3)4/h7-13H,5-6,14-15H2,1-4H3,(H,22,26)/p+1. The minimum absolute atomic E-state index is 0.0981. The number of carbonyl (C=O) groups excluding carboxylic acids is 1. The van der Waals surface area contributed by atoms with Gasteiger partial charge in [-0.15, -0.1) is 0 Å². The van der Waals surface area contributed by atoms with Crippen molar-refractivity contribution in [2.24, 2.45) is 0 Å². The first-order valence-corrected chi connectivity index (χ1v) is 9.51. The van der Waals surface area contributed by atoms with Crippen LogP contribution in [-0.2, 0) is 13.1 Å². The Balaban J connectivity index is 2.07. The molecule has 0 heterocycles. The van der Waals surface area contributed by atoms with E-state index < -0.39 is 4.92 Å². The van der Waals surface area contributed by atoms with Crippen molar-refractivity contribution in [3.8, 4) is 0 Å². The van der Waals surface area contributed by atoms with Crippen LogP contribution in [0.15, 0.2) is 42.5 Å². The fourth-order valence-corrected chi connectivity index (χ4v) is 3.05. The summed E-state index contributed by atoms with van der Waals surface area (Å²) >= 11 is 0. The number of benzene rings is 2. The molecule has 0 bridgehead atoms. The number of rotatable bonds is 9. The maximum atomic E-state index is 12.6. The maximum Gasteiger partial charge on any atom is 0.270 e. The molecule has 7 nitrogen and oxygen atoms in total. The van der Waals surface area contributed by atoms with Gasteiger partial charge in [-0.25, -0.2) is 0 Å². The Labute approximate surface area is 166 Å². The lowest BCUT2D eigenvalue weighted by molar-refractivity contribution is -0.910. The number of nitrogens with one attached hydrogen (secondary N) is 2. The molecule has 150 valence electrons. The number of carbonyl (C=O) groups is 1. The second-order valence-electron chi connectivity index (χ2n) is 6.99. The number of hydrogen-bond acceptors (Lipinski definition) is 4. The van der Waals surface area contributed by atoms with Gasteiger partial charge in [-0.3, -0.25) is 14.9 Å². The van der Waals surface area contributed by atoms with Crippen LogP contribution < -0.4 is 15.1 Å². The van der Waals surface area contributed by atoms with Gasteiger partial charge in [0, 0.05) is 44.0 Å². The summed E-state index contributed by atoms with van der Waals surface area (Å²) in [6.07, 6.45) is 0. The molecular formula is C21H29N4O3+. The summed E-state index contributed by atoms with van der Waals surface area (Å²) in [5.74, 6) is -0.330. The Hall–Kier alpha value is -2.93. The van der Waals surface area contributed by atoms with Crippen LogP contribution in [0.1, 0.15) is 35.3 Å². The van der Waals surface area contributed by atoms with Crippen LogP contribution in [0.5, 0.6) is 0 Å². The number of amides is 1. The van der Waals surface area contributed by atoms with Gasteiger partial charge in [0.15, 0.2) is 0 Å². The number of non-ortho nitro benzene ring substituents is 1. The van der Waals surface area contributed by atoms with E-state index in [4.69, 9.17) is 0 Å². The van der Waals surface area contributed by atoms with Crippen LogP contribution in [0.2, 0.25) is 0 Å². The zero-order valence-corrected chi connectivity index (χ0v) is 17.0. The van der Waals surface area contributed by atoms with Gasteiger partial charge in [0.05, 0.1) is 23.6 Å². The van der Waals surface area contributed by atoms with E-state index in [1.807, 2.05) is 12.1 Å². The fraction of sp³-hybridized carbons (Fsp3) is 0.381. The Bertz CT molecular complexity index is 815. The predicted molar refractivity (Wildman–Crippen MR) is 111 cm³/mol. The van der Waals surface area contributed by atoms with Gasteiger partial charge in [-0.2, -0.15) is 0 Å². The van der Waals surface area contributed by atoms with Crippen molar-refractivity contribution in [2.75, 3.05) is 32.1 Å². The minimum atomic E-state index is -0.493. The Morgan fingerprint density at radius 2 is 1.68 bits per heavy atom. The summed E-state index contributed by atoms with van der Waals surface area (Å²) in [6, 6.07) is 12.5. The summed E-state index contributed by atoms with van der Waals surface area (Å²) in [4.78, 5) is 26.5. The summed E-state index contributed by atoms with van der Waals surface area (Å²) < 4.78 is 0. The van der Waals surface area contributed by atoms with E-state index in [2.05, 4.69) is 31.3 Å². The van der Waals surface area contributed by atoms with E-state index in [0.717, 1.165) is 25.2 Å². The van der Waals surface area contributed by atoms with Crippen molar-refractivity contribution in [3.05, 3.63) is 69.3 Å². The number of nitrogens with zero attached hydrogens (tertiary/aromatic N) is 2. The number of nitro benzene ring substituents is 1. The zero-order valence-electron chi connectivity index (χ0n) is 17.0. The average molecular weight is 385 g/mol. The molecule has 0 fully saturated rings. The minimum Gasteiger partial charge on any atom is -0.377 e. The quantitative estimate of drug-likeness (QED) is 0.511. The number of anilines is 1. The van der Waals surface area contributed by atoms with Gasteiger partial charge < -0.3 is 15.1 Å². The van der Waals surface area contributed by atoms with Crippen LogP contribution in [-0.4, -0.2) is 38.0 Å². The van der Waals surface area contributed by atoms with Crippen LogP contribution in [0, 0.1) is 10.1 Å². The molecule has 0 unspecified atom stereocenters. The van der Waals surface area contributed by atoms with Crippen molar-refractivity contribution in [2.45, 2.75) is 26.9 Å². The number of quaternary nitrogens is 1. The predicted octanol–water partition coefficient (Wildman–Crippen LogP) is 2.02. The van der Waals surface area contributed by atoms with E-state index in [1.54, 1.807) is 25.1 Å². The van der Waals surface area contributed by atoms with Gasteiger partial charge in [0.25, 0.3) is 11.6 Å². The molecule has 0 saturated carbocycles. The highest BCUT2D eigenvalue weighted by atomic mass is 16.6. The lowest BCUT2D eigenvalue weighted by Crippen LogP contribution is -3.10. The Kier molecular flexibility index (Phi) is 7.52. The van der Waals surface area contributed by atoms with Crippen molar-refractivity contribution in [1.82, 2.24) is 5.32 Å². The summed E-state index contributed by atoms with van der Waals surface area (Å²) in [6.45, 7) is 7.89. The van der Waals surface area contributed by atoms with Crippen LogP contribution in [0.3, 0.4) is 0 Å². The molecule has 0 radical (unpaired) electrons. The van der Waals surface area contributed by atoms with E-state index in [9.17, 15) is 14.9 Å². The van der Waals surface area contributed by atoms with Crippen LogP contribution in [0.4, 0.5) is 11.4 Å². The first-order valence-electron chi connectivity index (χ1n) is 9.51. The zero-order chi connectivity index (χ0) is 20.7. The highest BCUT2D eigenvalue weighted by Gasteiger charge is 2.17. The molecule has 2 rings (SSSR count). The van der Waals surface area contributed by atoms with Gasteiger partial charge >= 0.3 is 0 Å². The molecule has 0 aliphatic heterocycles. The lowest BCUT2D eigenvalue weighted by Gasteiger charge is -2.17. The smallest absolute Gasteiger partial charge is 0.270 e. The maximum absolute atomic E-state index is 12.6. The largest absolute Gasteiger partial charge is 0.377 e. The molecule has 1 amide bonds. The molecule has 0 atom stereocenters. The van der Waals surface area contributed by atoms with E-state index in [0.29, 0.717) is 17.8 Å². The summed E-state index contributed by atoms with van der Waals surface area (Å²) in [7, 11) is 3.60. The lowest BCUT2D eigenvalue weighted by atomic mass is 10.1. The third-order valence-electron chi connectivity index (χ3n) is 4.85. The van der Waals surface area contributed by atoms with Crippen molar-refractivity contribution >= 4 is 17.3 Å². The third kappa shape index (κ3) is 5.53. The number of nitro groups is 1. The summed E-state index contributed by atoms with van der Waals surface area (Å²) in [5, 5.41) is 13.9. The second-order valence-corrected chi connectivity index (χ2v) is 6.99. The molecular weight excluding hydrogens is 356 g/mol. The molecule has 2 aromatic carbocycles. The van der Waals surface area contributed by atoms with E-state index >= 15 is 0 Å². The highest BCUT2D eigenvalue weighted by Crippen LogP contribution is 2.24. The highest BCUT2D eigenvalue weighted by molar-refractivity contribution is 6.00. The van der Waals surface area contributed by atoms with Crippen LogP contribution in [0.25, 0.3) is 0 Å². The van der Waals surface area contributed by atoms with Gasteiger partial charge in [-0.1, -0.05) is 24.3 Å². The molecule has 0 aliphatic rings. The molecule has 0 saturated heterocycles. The Morgan fingerprint density at radius 3 is 2.21 bits per heavy atom. The molecule has 0 spiro atoms. The van der Waals surface area contributed by atoms with Crippen LogP contribution >= 0.6 is 0 Å². The average Bonchev–Trinajstić information content (AvgIpc) is 2.70. The second kappa shape index (κ2) is 9.85. The fourth-order valence-electron chi connectivity index (χ4n) is 3.05. The molecule has 7 heteroatoms. The Morgan fingerprint density at radius 1 is 1.07 bits per heavy atom. The van der Waals surface area contributed by atoms with Crippen molar-refractivity contribution in [1.29, 1.82) is 0 Å². The third-order valence-corrected chi connectivity index (χ3v) is 4.85. The molecule has 28 heavy (non-hydrogen) atoms. The normalized spacial score (nSPS) is 10.8. The van der Waals surface area contributed by atoms with Crippen molar-refractivity contribution in [3.63, 3.8) is 0 Å². The summed E-state index contributed by atoms with van der Waals surface area (Å²) in [5.41, 5.74) is 3.09. The van der Waals surface area contributed by atoms with Gasteiger partial charge in [0.1, 0.15) is 6.54 Å². The first kappa shape index (κ1) is 21.4. The van der Waals surface area contributed by atoms with Gasteiger partial charge in [-0.05, 0) is 25.5 Å². The van der Waals surface area contributed by atoms with Crippen molar-refractivity contribution < 1.29 is 14.6 Å². The molecule has 0 aromatic heterocycles. The number of hydrogen-bond donors (Lipinski definition) is 2. The monoisotopic (exact) mass is 385 g/mol. The van der Waals surface area contributed by atoms with Gasteiger partial charge in [0.2, 0.25) is 0 Å². The first-order chi connectivity index (χ1) is 13.3. The van der Waals surface area contributed by atoms with E-state index in [-0.39, 0.29) is 11.6 Å². The van der Waals surface area contributed by atoms with E-state index in [1.165, 1.54) is 22.6 Å².